The van der Waals surface area contributed by atoms with Gasteiger partial charge in [0.1, 0.15) is 6.10 Å². The molecule has 2 aromatic rings. The number of aromatic nitrogens is 2. The monoisotopic (exact) mass is 430 g/mol. The molecule has 0 aliphatic carbocycles. The van der Waals surface area contributed by atoms with Crippen LogP contribution in [0.5, 0.6) is 0 Å². The van der Waals surface area contributed by atoms with E-state index in [4.69, 9.17) is 4.74 Å². The fraction of sp³-hybridized carbons (Fsp3) is 0.312. The molecule has 155 valence electrons. The van der Waals surface area contributed by atoms with E-state index in [1.165, 1.54) is 24.3 Å². The lowest BCUT2D eigenvalue weighted by molar-refractivity contribution is -0.140. The number of carbonyl (C=O) groups is 1. The van der Waals surface area contributed by atoms with Gasteiger partial charge in [0.25, 0.3) is 5.91 Å². The van der Waals surface area contributed by atoms with Gasteiger partial charge in [0.2, 0.25) is 6.23 Å². The number of hydrogen-bond donors (Lipinski definition) is 3. The molecule has 4 atom stereocenters. The Morgan fingerprint density at radius 1 is 1.41 bits per heavy atom. The second-order valence-electron chi connectivity index (χ2n) is 6.02. The Bertz CT molecular complexity index is 988. The Balaban J connectivity index is 1.67. The number of carbonyl (C=O) groups excluding carboxylic acids is 1. The Kier molecular flexibility index (Phi) is 5.92. The Morgan fingerprint density at radius 2 is 2.10 bits per heavy atom. The van der Waals surface area contributed by atoms with Gasteiger partial charge in [0.15, 0.2) is 6.10 Å². The number of alkyl halides is 2. The molecule has 3 rings (SSSR count). The van der Waals surface area contributed by atoms with E-state index in [9.17, 15) is 32.9 Å². The first-order valence-corrected chi connectivity index (χ1v) is 9.71. The van der Waals surface area contributed by atoms with Crippen molar-refractivity contribution in [2.24, 2.45) is 0 Å². The molecular weight excluding hydrogens is 415 g/mol. The van der Waals surface area contributed by atoms with E-state index in [0.717, 1.165) is 12.3 Å². The normalized spacial score (nSPS) is 25.3. The van der Waals surface area contributed by atoms with Crippen molar-refractivity contribution in [3.63, 3.8) is 0 Å². The molecule has 13 heteroatoms. The number of amides is 1. The molecule has 0 spiro atoms. The van der Waals surface area contributed by atoms with Gasteiger partial charge in [-0.25, -0.2) is 9.36 Å². The molecule has 1 aromatic carbocycles. The van der Waals surface area contributed by atoms with Crippen LogP contribution < -0.4 is 10.8 Å². The highest BCUT2D eigenvalue weighted by molar-refractivity contribution is 7.51. The first-order chi connectivity index (χ1) is 13.6. The lowest BCUT2D eigenvalue weighted by Gasteiger charge is -2.20. The van der Waals surface area contributed by atoms with Crippen molar-refractivity contribution in [2.45, 2.75) is 24.4 Å². The van der Waals surface area contributed by atoms with E-state index in [-0.39, 0.29) is 5.56 Å². The first-order valence-electron chi connectivity index (χ1n) is 8.13. The smallest absolute Gasteiger partial charge is 0.384 e. The van der Waals surface area contributed by atoms with Crippen LogP contribution in [-0.4, -0.2) is 50.2 Å². The van der Waals surface area contributed by atoms with Crippen molar-refractivity contribution in [1.29, 1.82) is 0 Å². The van der Waals surface area contributed by atoms with Crippen LogP contribution in [0.4, 0.5) is 8.78 Å². The number of nitrogens with zero attached hydrogens (tertiary/aromatic N) is 2. The summed E-state index contributed by atoms with van der Waals surface area (Å²) in [6.45, 7) is -0.961. The second kappa shape index (κ2) is 8.09. The zero-order chi connectivity index (χ0) is 21.2. The topological polar surface area (TPSA) is 140 Å². The largest absolute Gasteiger partial charge is 0.432 e. The fourth-order valence-electron chi connectivity index (χ4n) is 2.60. The van der Waals surface area contributed by atoms with Gasteiger partial charge >= 0.3 is 19.4 Å². The third-order valence-electron chi connectivity index (χ3n) is 4.02. The van der Waals surface area contributed by atoms with E-state index in [2.05, 4.69) is 15.7 Å². The highest BCUT2D eigenvalue weighted by Crippen LogP contribution is 2.44. The van der Waals surface area contributed by atoms with E-state index < -0.39 is 50.3 Å². The van der Waals surface area contributed by atoms with Crippen molar-refractivity contribution in [3.8, 4) is 0 Å². The number of nitrogens with one attached hydrogen (secondary N) is 1. The van der Waals surface area contributed by atoms with Crippen molar-refractivity contribution in [1.82, 2.24) is 14.6 Å². The number of benzene rings is 1. The van der Waals surface area contributed by atoms with Crippen molar-refractivity contribution in [2.75, 3.05) is 6.61 Å². The summed E-state index contributed by atoms with van der Waals surface area (Å²) in [4.78, 5) is 36.5. The first kappa shape index (κ1) is 21.2. The van der Waals surface area contributed by atoms with Gasteiger partial charge < -0.3 is 14.7 Å². The SMILES string of the molecule is O=C(NP(=O)(O)OC[C@H]1O[C@@H](n2cc[c]nc2=O)C(F)(F)[C@@H]1O)c1ccccc1. The predicted molar refractivity (Wildman–Crippen MR) is 91.9 cm³/mol. The van der Waals surface area contributed by atoms with Gasteiger partial charge in [0, 0.05) is 11.8 Å². The quantitative estimate of drug-likeness (QED) is 0.563. The zero-order valence-corrected chi connectivity index (χ0v) is 15.4. The molecule has 1 aliphatic heterocycles. The molecule has 1 fully saturated rings. The third-order valence-corrected chi connectivity index (χ3v) is 5.00. The van der Waals surface area contributed by atoms with E-state index in [1.54, 1.807) is 11.2 Å². The van der Waals surface area contributed by atoms with Crippen molar-refractivity contribution in [3.05, 3.63) is 64.8 Å². The minimum atomic E-state index is -4.76. The number of ether oxygens (including phenoxy) is 1. The molecular formula is C16H15F2N3O7P. The summed E-state index contributed by atoms with van der Waals surface area (Å²) >= 11 is 0. The zero-order valence-electron chi connectivity index (χ0n) is 14.5. The maximum absolute atomic E-state index is 14.3. The van der Waals surface area contributed by atoms with Gasteiger partial charge in [0.05, 0.1) is 12.8 Å². The van der Waals surface area contributed by atoms with Crippen LogP contribution >= 0.6 is 7.75 Å². The highest BCUT2D eigenvalue weighted by Gasteiger charge is 2.60. The summed E-state index contributed by atoms with van der Waals surface area (Å²) in [5, 5.41) is 11.6. The molecule has 10 nitrogen and oxygen atoms in total. The van der Waals surface area contributed by atoms with Crippen LogP contribution in [0.25, 0.3) is 0 Å². The standard InChI is InChI=1S/C16H15F2N3O7P/c17-16(18)12(22)11(28-14(16)21-8-4-7-19-15(21)24)9-27-29(25,26)20-13(23)10-5-2-1-3-6-10/h1-6,8,11-12,14,22H,9H2,(H2,20,23,25,26)/t11-,12-,14-/m1/s1. The summed E-state index contributed by atoms with van der Waals surface area (Å²) in [6.07, 6.45) is -3.31. The summed E-state index contributed by atoms with van der Waals surface area (Å²) in [7, 11) is -4.76. The molecule has 2 heterocycles. The van der Waals surface area contributed by atoms with Crippen LogP contribution in [0.15, 0.2) is 47.4 Å². The predicted octanol–water partition coefficient (Wildman–Crippen LogP) is 0.484. The number of aliphatic hydroxyl groups excluding tert-OH is 1. The number of hydrogen-bond acceptors (Lipinski definition) is 7. The van der Waals surface area contributed by atoms with Gasteiger partial charge in [-0.05, 0) is 18.2 Å². The van der Waals surface area contributed by atoms with Crippen LogP contribution in [-0.2, 0) is 13.8 Å². The van der Waals surface area contributed by atoms with Crippen LogP contribution in [0.2, 0.25) is 0 Å². The molecule has 1 unspecified atom stereocenters. The van der Waals surface area contributed by atoms with Gasteiger partial charge in [-0.15, -0.1) is 0 Å². The summed E-state index contributed by atoms with van der Waals surface area (Å²) in [6, 6.07) is 8.55. The number of halogens is 2. The van der Waals surface area contributed by atoms with Gasteiger partial charge in [-0.2, -0.15) is 13.8 Å². The highest BCUT2D eigenvalue weighted by atomic mass is 31.2. The summed E-state index contributed by atoms with van der Waals surface area (Å²) < 4.78 is 50.8. The Labute approximate surface area is 162 Å². The minimum Gasteiger partial charge on any atom is -0.384 e. The average molecular weight is 430 g/mol. The van der Waals surface area contributed by atoms with Gasteiger partial charge in [-0.3, -0.25) is 19.0 Å². The van der Waals surface area contributed by atoms with Crippen LogP contribution in [0.1, 0.15) is 16.6 Å². The third kappa shape index (κ3) is 4.57. The van der Waals surface area contributed by atoms with E-state index in [0.29, 0.717) is 4.57 Å². The molecule has 3 N–H and O–H groups in total. The maximum atomic E-state index is 14.3. The minimum absolute atomic E-state index is 0.0712. The molecule has 1 radical (unpaired) electrons. The molecule has 1 aliphatic rings. The van der Waals surface area contributed by atoms with Crippen molar-refractivity contribution >= 4 is 13.7 Å². The molecule has 1 amide bonds. The summed E-state index contributed by atoms with van der Waals surface area (Å²) in [5.74, 6) is -4.85. The Morgan fingerprint density at radius 3 is 2.76 bits per heavy atom. The van der Waals surface area contributed by atoms with Crippen LogP contribution in [0, 0.1) is 6.20 Å². The molecule has 1 saturated heterocycles. The Hall–Kier alpha value is -2.50. The lowest BCUT2D eigenvalue weighted by atomic mass is 10.1. The fourth-order valence-corrected chi connectivity index (χ4v) is 3.40. The van der Waals surface area contributed by atoms with Gasteiger partial charge in [-0.1, -0.05) is 18.2 Å². The number of aliphatic hydroxyl groups is 1. The number of rotatable bonds is 6. The van der Waals surface area contributed by atoms with E-state index in [1.807, 2.05) is 0 Å². The molecule has 29 heavy (non-hydrogen) atoms. The summed E-state index contributed by atoms with van der Waals surface area (Å²) in [5.41, 5.74) is -1.02. The van der Waals surface area contributed by atoms with E-state index >= 15 is 0 Å². The average Bonchev–Trinajstić information content (AvgIpc) is 2.90. The molecule has 0 bridgehead atoms. The van der Waals surface area contributed by atoms with Crippen LogP contribution in [0.3, 0.4) is 0 Å². The lowest BCUT2D eigenvalue weighted by Crippen LogP contribution is -2.41. The molecule has 1 aromatic heterocycles. The van der Waals surface area contributed by atoms with Crippen molar-refractivity contribution < 1.29 is 37.4 Å². The second-order valence-corrected chi connectivity index (χ2v) is 7.54. The molecule has 0 saturated carbocycles. The maximum Gasteiger partial charge on any atom is 0.432 e.